The predicted octanol–water partition coefficient (Wildman–Crippen LogP) is 1.67. The Morgan fingerprint density at radius 1 is 1.29 bits per heavy atom. The summed E-state index contributed by atoms with van der Waals surface area (Å²) in [6.45, 7) is 2.03. The average molecular weight is 387 g/mol. The largest absolute Gasteiger partial charge is 0.499 e. The van der Waals surface area contributed by atoms with Gasteiger partial charge in [0.25, 0.3) is 0 Å². The number of fused-ring (bicyclic) bond motifs is 1. The smallest absolute Gasteiger partial charge is 0.308 e. The molecule has 1 N–H and O–H groups in total. The maximum absolute atomic E-state index is 13.4. The highest BCUT2D eigenvalue weighted by molar-refractivity contribution is 6.05. The van der Waals surface area contributed by atoms with Crippen molar-refractivity contribution < 1.29 is 28.9 Å². The van der Waals surface area contributed by atoms with Crippen molar-refractivity contribution in [1.29, 1.82) is 0 Å². The molecule has 1 unspecified atom stereocenters. The van der Waals surface area contributed by atoms with E-state index in [2.05, 4.69) is 4.90 Å². The van der Waals surface area contributed by atoms with Gasteiger partial charge in [0.2, 0.25) is 0 Å². The van der Waals surface area contributed by atoms with Crippen LogP contribution in [0.3, 0.4) is 0 Å². The molecule has 1 fully saturated rings. The van der Waals surface area contributed by atoms with Crippen LogP contribution in [0.1, 0.15) is 35.7 Å². The Labute approximate surface area is 163 Å². The van der Waals surface area contributed by atoms with Crippen LogP contribution in [0.2, 0.25) is 0 Å². The number of piperidine rings is 1. The van der Waals surface area contributed by atoms with Crippen LogP contribution in [-0.2, 0) is 14.9 Å². The van der Waals surface area contributed by atoms with E-state index >= 15 is 0 Å². The lowest BCUT2D eigenvalue weighted by Gasteiger charge is -2.56. The summed E-state index contributed by atoms with van der Waals surface area (Å²) in [6.07, 6.45) is 2.20. The highest BCUT2D eigenvalue weighted by atomic mass is 16.6. The summed E-state index contributed by atoms with van der Waals surface area (Å²) >= 11 is 0. The van der Waals surface area contributed by atoms with Crippen molar-refractivity contribution >= 4 is 11.8 Å². The van der Waals surface area contributed by atoms with Crippen molar-refractivity contribution in [1.82, 2.24) is 4.90 Å². The zero-order valence-corrected chi connectivity index (χ0v) is 16.5. The summed E-state index contributed by atoms with van der Waals surface area (Å²) in [6, 6.07) is 3.06. The number of aliphatic hydroxyl groups excluding tert-OH is 1. The average Bonchev–Trinajstić information content (AvgIpc) is 2.66. The summed E-state index contributed by atoms with van der Waals surface area (Å²) < 4.78 is 16.4. The number of aliphatic hydroxyl groups is 1. The number of Topliss-reactive ketones (excluding diaryl/α,β-unsaturated/α-hetero) is 1. The Morgan fingerprint density at radius 2 is 2.04 bits per heavy atom. The molecule has 0 aromatic heterocycles. The molecule has 4 atom stereocenters. The van der Waals surface area contributed by atoms with Gasteiger partial charge in [0.1, 0.15) is 11.9 Å². The molecule has 28 heavy (non-hydrogen) atoms. The molecular weight excluding hydrogens is 362 g/mol. The minimum atomic E-state index is -0.789. The van der Waals surface area contributed by atoms with Crippen molar-refractivity contribution in [3.8, 4) is 11.5 Å². The minimum Gasteiger partial charge on any atom is -0.499 e. The number of likely N-dealkylation sites (N-methyl/N-ethyl adjacent to an activating group) is 1. The second-order valence-electron chi connectivity index (χ2n) is 7.83. The maximum Gasteiger partial charge on any atom is 0.308 e. The molecular formula is C21H25NO6. The summed E-state index contributed by atoms with van der Waals surface area (Å²) in [7, 11) is 4.97. The number of nitrogens with zero attached hydrogens (tertiary/aromatic N) is 1. The number of carbonyl (C=O) groups excluding carboxylic acids is 2. The quantitative estimate of drug-likeness (QED) is 0.624. The lowest BCUT2D eigenvalue weighted by molar-refractivity contribution is -0.132. The van der Waals surface area contributed by atoms with Crippen molar-refractivity contribution in [2.75, 3.05) is 27.8 Å². The molecule has 150 valence electrons. The Morgan fingerprint density at radius 3 is 2.68 bits per heavy atom. The molecule has 0 amide bonds. The van der Waals surface area contributed by atoms with E-state index in [9.17, 15) is 14.7 Å². The van der Waals surface area contributed by atoms with Gasteiger partial charge in [-0.25, -0.2) is 0 Å². The lowest BCUT2D eigenvalue weighted by Crippen LogP contribution is -2.63. The molecule has 7 nitrogen and oxygen atoms in total. The van der Waals surface area contributed by atoms with Crippen molar-refractivity contribution in [2.45, 2.75) is 37.3 Å². The summed E-state index contributed by atoms with van der Waals surface area (Å²) in [5, 5.41) is 10.7. The maximum atomic E-state index is 13.4. The molecule has 7 heteroatoms. The second kappa shape index (κ2) is 6.60. The predicted molar refractivity (Wildman–Crippen MR) is 101 cm³/mol. The van der Waals surface area contributed by atoms with Gasteiger partial charge in [0.05, 0.1) is 20.3 Å². The van der Waals surface area contributed by atoms with E-state index < -0.39 is 17.5 Å². The number of rotatable bonds is 3. The van der Waals surface area contributed by atoms with E-state index in [1.165, 1.54) is 21.1 Å². The van der Waals surface area contributed by atoms with Gasteiger partial charge in [-0.2, -0.15) is 0 Å². The van der Waals surface area contributed by atoms with Gasteiger partial charge in [-0.15, -0.1) is 0 Å². The third-order valence-electron chi connectivity index (χ3n) is 6.45. The highest BCUT2D eigenvalue weighted by Crippen LogP contribution is 2.58. The molecule has 0 spiro atoms. The number of likely N-dealkylation sites (tertiary alicyclic amines) is 1. The van der Waals surface area contributed by atoms with Crippen LogP contribution in [0.5, 0.6) is 11.5 Å². The fourth-order valence-electron chi connectivity index (χ4n) is 5.27. The Balaban J connectivity index is 2.03. The number of hydrogen-bond donors (Lipinski definition) is 1. The summed E-state index contributed by atoms with van der Waals surface area (Å²) in [5.41, 5.74) is 0.666. The first-order valence-corrected chi connectivity index (χ1v) is 9.42. The van der Waals surface area contributed by atoms with Crippen LogP contribution in [-0.4, -0.2) is 61.7 Å². The van der Waals surface area contributed by atoms with E-state index in [4.69, 9.17) is 14.2 Å². The Bertz CT molecular complexity index is 878. The third-order valence-corrected chi connectivity index (χ3v) is 6.45. The molecule has 0 saturated carbocycles. The van der Waals surface area contributed by atoms with E-state index in [-0.39, 0.29) is 23.5 Å². The molecule has 4 rings (SSSR count). The molecule has 1 aromatic rings. The molecule has 1 aliphatic heterocycles. The van der Waals surface area contributed by atoms with Crippen LogP contribution in [0, 0.1) is 5.92 Å². The molecule has 0 radical (unpaired) electrons. The molecule has 1 saturated heterocycles. The topological polar surface area (TPSA) is 85.3 Å². The van der Waals surface area contributed by atoms with Gasteiger partial charge < -0.3 is 19.3 Å². The fourth-order valence-corrected chi connectivity index (χ4v) is 5.27. The monoisotopic (exact) mass is 387 g/mol. The number of benzene rings is 1. The van der Waals surface area contributed by atoms with Crippen LogP contribution in [0.25, 0.3) is 0 Å². The highest BCUT2D eigenvalue weighted by Gasteiger charge is 2.59. The van der Waals surface area contributed by atoms with Gasteiger partial charge in [-0.1, -0.05) is 0 Å². The molecule has 2 aliphatic carbocycles. The first kappa shape index (κ1) is 19.0. The number of esters is 1. The summed E-state index contributed by atoms with van der Waals surface area (Å²) in [4.78, 5) is 27.4. The zero-order valence-electron chi connectivity index (χ0n) is 16.5. The van der Waals surface area contributed by atoms with E-state index in [1.54, 1.807) is 12.1 Å². The van der Waals surface area contributed by atoms with Gasteiger partial charge in [-0.05, 0) is 44.6 Å². The third kappa shape index (κ3) is 2.49. The van der Waals surface area contributed by atoms with E-state index in [1.807, 2.05) is 13.1 Å². The van der Waals surface area contributed by atoms with Crippen molar-refractivity contribution in [2.24, 2.45) is 5.92 Å². The normalized spacial score (nSPS) is 31.4. The number of hydrogen-bond acceptors (Lipinski definition) is 7. The number of ketones is 1. The Hall–Kier alpha value is -2.38. The summed E-state index contributed by atoms with van der Waals surface area (Å²) in [5.74, 6) is 0.488. The Kier molecular flexibility index (Phi) is 4.47. The number of ether oxygens (including phenoxy) is 3. The molecule has 1 aromatic carbocycles. The van der Waals surface area contributed by atoms with Crippen LogP contribution in [0.15, 0.2) is 24.0 Å². The van der Waals surface area contributed by atoms with E-state index in [0.29, 0.717) is 35.6 Å². The lowest BCUT2D eigenvalue weighted by atomic mass is 9.53. The number of methoxy groups -OCH3 is 2. The molecule has 1 heterocycles. The molecule has 2 bridgehead atoms. The number of carbonyl (C=O) groups is 2. The van der Waals surface area contributed by atoms with Crippen LogP contribution in [0.4, 0.5) is 0 Å². The standard InChI is InChI=1S/C21H25NO6/c1-11(23)28-20-15(26-3)6-5-12-17(20)21-7-8-22(2)18(19(12)25)13(21)9-16(27-4)14(24)10-21/h5-6,9,13-14,18,24H,7-8,10H2,1-4H3/t13?,14-,18+,21+/m0/s1. The van der Waals surface area contributed by atoms with Gasteiger partial charge in [-0.3, -0.25) is 14.5 Å². The minimum absolute atomic E-state index is 0.0167. The van der Waals surface area contributed by atoms with Gasteiger partial charge in [0, 0.05) is 29.4 Å². The zero-order chi connectivity index (χ0) is 20.2. The fraction of sp³-hybridized carbons (Fsp3) is 0.524. The second-order valence-corrected chi connectivity index (χ2v) is 7.83. The van der Waals surface area contributed by atoms with Crippen molar-refractivity contribution in [3.63, 3.8) is 0 Å². The SMILES string of the molecule is COC1=CC2[C@@H]3C(=O)c4ccc(OC)c(OC(C)=O)c4[C@]2(CCN3C)C[C@@H]1O. The van der Waals surface area contributed by atoms with Crippen molar-refractivity contribution in [3.05, 3.63) is 35.1 Å². The molecule has 3 aliphatic rings. The van der Waals surface area contributed by atoms with Crippen LogP contribution < -0.4 is 9.47 Å². The van der Waals surface area contributed by atoms with E-state index in [0.717, 1.165) is 6.42 Å². The van der Waals surface area contributed by atoms with Gasteiger partial charge in [0.15, 0.2) is 17.3 Å². The van der Waals surface area contributed by atoms with Gasteiger partial charge >= 0.3 is 5.97 Å². The first-order valence-electron chi connectivity index (χ1n) is 9.42. The first-order chi connectivity index (χ1) is 13.3. The van der Waals surface area contributed by atoms with Crippen LogP contribution >= 0.6 is 0 Å².